The van der Waals surface area contributed by atoms with Crippen LogP contribution in [0.2, 0.25) is 5.02 Å². The molecule has 3 heteroatoms. The normalized spacial score (nSPS) is 8.11. The van der Waals surface area contributed by atoms with Crippen molar-refractivity contribution in [3.63, 3.8) is 0 Å². The van der Waals surface area contributed by atoms with Crippen molar-refractivity contribution in [2.24, 2.45) is 0 Å². The van der Waals surface area contributed by atoms with E-state index in [2.05, 4.69) is 0 Å². The molecular weight excluding hydrogens is 203 g/mol. The van der Waals surface area contributed by atoms with Crippen LogP contribution in [0, 0.1) is 0 Å². The van der Waals surface area contributed by atoms with Gasteiger partial charge >= 0.3 is 0 Å². The van der Waals surface area contributed by atoms with Gasteiger partial charge in [0.1, 0.15) is 5.75 Å². The van der Waals surface area contributed by atoms with Gasteiger partial charge in [0.2, 0.25) is 0 Å². The summed E-state index contributed by atoms with van der Waals surface area (Å²) in [5.74, 6) is 0.133. The SMILES string of the molecule is Br.Oc1ccccc1Cl. The van der Waals surface area contributed by atoms with Crippen LogP contribution >= 0.6 is 28.6 Å². The number of benzene rings is 1. The Labute approximate surface area is 69.0 Å². The standard InChI is InChI=1S/C6H5ClO.BrH/c7-5-3-1-2-4-6(5)8;/h1-4,8H;1H. The van der Waals surface area contributed by atoms with Crippen LogP contribution in [0.25, 0.3) is 0 Å². The number of phenols is 1. The average Bonchev–Trinajstić information content (AvgIpc) is 1.77. The number of rotatable bonds is 0. The first kappa shape index (κ1) is 8.79. The Hall–Kier alpha value is -0.210. The lowest BCUT2D eigenvalue weighted by atomic mass is 10.3. The maximum Gasteiger partial charge on any atom is 0.134 e. The molecule has 0 saturated heterocycles. The van der Waals surface area contributed by atoms with Crippen LogP contribution in [0.5, 0.6) is 5.75 Å². The summed E-state index contributed by atoms with van der Waals surface area (Å²) in [4.78, 5) is 0. The highest BCUT2D eigenvalue weighted by molar-refractivity contribution is 8.93. The van der Waals surface area contributed by atoms with E-state index in [1.807, 2.05) is 0 Å². The molecule has 0 aromatic heterocycles. The second kappa shape index (κ2) is 3.75. The molecule has 0 fully saturated rings. The average molecular weight is 209 g/mol. The van der Waals surface area contributed by atoms with Crippen LogP contribution in [-0.2, 0) is 0 Å². The van der Waals surface area contributed by atoms with Gasteiger partial charge in [0, 0.05) is 0 Å². The van der Waals surface area contributed by atoms with Gasteiger partial charge in [0.25, 0.3) is 0 Å². The molecule has 1 N–H and O–H groups in total. The molecule has 50 valence electrons. The first-order chi connectivity index (χ1) is 3.80. The Balaban J connectivity index is 0.000000640. The maximum absolute atomic E-state index is 8.79. The molecular formula is C6H6BrClO. The van der Waals surface area contributed by atoms with E-state index in [1.165, 1.54) is 0 Å². The highest BCUT2D eigenvalue weighted by atomic mass is 79.9. The highest BCUT2D eigenvalue weighted by Gasteiger charge is 1.89. The molecule has 0 radical (unpaired) electrons. The molecule has 1 nitrogen and oxygen atoms in total. The van der Waals surface area contributed by atoms with E-state index < -0.39 is 0 Å². The summed E-state index contributed by atoms with van der Waals surface area (Å²) in [7, 11) is 0. The number of aromatic hydroxyl groups is 1. The fourth-order valence-corrected chi connectivity index (χ4v) is 0.587. The molecule has 1 aromatic carbocycles. The second-order valence-corrected chi connectivity index (χ2v) is 1.86. The van der Waals surface area contributed by atoms with Crippen molar-refractivity contribution in [3.8, 4) is 5.75 Å². The second-order valence-electron chi connectivity index (χ2n) is 1.45. The van der Waals surface area contributed by atoms with Gasteiger partial charge in [-0.05, 0) is 12.1 Å². The van der Waals surface area contributed by atoms with Crippen molar-refractivity contribution < 1.29 is 5.11 Å². The van der Waals surface area contributed by atoms with Crippen molar-refractivity contribution in [1.29, 1.82) is 0 Å². The van der Waals surface area contributed by atoms with E-state index in [-0.39, 0.29) is 22.7 Å². The zero-order valence-corrected chi connectivity index (χ0v) is 7.01. The molecule has 0 bridgehead atoms. The van der Waals surface area contributed by atoms with Crippen molar-refractivity contribution in [3.05, 3.63) is 29.3 Å². The van der Waals surface area contributed by atoms with Crippen LogP contribution in [0.15, 0.2) is 24.3 Å². The zero-order valence-electron chi connectivity index (χ0n) is 4.54. The molecule has 0 atom stereocenters. The third-order valence-corrected chi connectivity index (χ3v) is 1.17. The van der Waals surface area contributed by atoms with E-state index in [0.717, 1.165) is 0 Å². The molecule has 0 saturated carbocycles. The predicted molar refractivity (Wildman–Crippen MR) is 43.4 cm³/mol. The molecule has 0 unspecified atom stereocenters. The summed E-state index contributed by atoms with van der Waals surface area (Å²) in [5.41, 5.74) is 0. The summed E-state index contributed by atoms with van der Waals surface area (Å²) in [6.07, 6.45) is 0. The number of hydrogen-bond acceptors (Lipinski definition) is 1. The van der Waals surface area contributed by atoms with Gasteiger partial charge in [-0.2, -0.15) is 0 Å². The molecule has 9 heavy (non-hydrogen) atoms. The maximum atomic E-state index is 8.79. The summed E-state index contributed by atoms with van der Waals surface area (Å²) in [6, 6.07) is 6.67. The van der Waals surface area contributed by atoms with E-state index >= 15 is 0 Å². The van der Waals surface area contributed by atoms with Gasteiger partial charge in [-0.3, -0.25) is 0 Å². The Kier molecular flexibility index (Phi) is 3.66. The van der Waals surface area contributed by atoms with Crippen LogP contribution in [0.1, 0.15) is 0 Å². The Morgan fingerprint density at radius 1 is 1.22 bits per heavy atom. The van der Waals surface area contributed by atoms with E-state index in [0.29, 0.717) is 5.02 Å². The fourth-order valence-electron chi connectivity index (χ4n) is 0.452. The van der Waals surface area contributed by atoms with Crippen molar-refractivity contribution in [1.82, 2.24) is 0 Å². The first-order valence-electron chi connectivity index (χ1n) is 2.24. The molecule has 0 heterocycles. The van der Waals surface area contributed by atoms with Gasteiger partial charge in [0.15, 0.2) is 0 Å². The number of hydrogen-bond donors (Lipinski definition) is 1. The van der Waals surface area contributed by atoms with E-state index in [9.17, 15) is 0 Å². The van der Waals surface area contributed by atoms with Crippen LogP contribution in [0.4, 0.5) is 0 Å². The molecule has 0 amide bonds. The minimum absolute atomic E-state index is 0. The summed E-state index contributed by atoms with van der Waals surface area (Å²) in [5, 5.41) is 9.18. The first-order valence-corrected chi connectivity index (χ1v) is 2.62. The monoisotopic (exact) mass is 208 g/mol. The Morgan fingerprint density at radius 2 is 1.78 bits per heavy atom. The van der Waals surface area contributed by atoms with Gasteiger partial charge in [-0.1, -0.05) is 23.7 Å². The lowest BCUT2D eigenvalue weighted by Gasteiger charge is -1.89. The number of para-hydroxylation sites is 1. The number of phenolic OH excluding ortho intramolecular Hbond substituents is 1. The lowest BCUT2D eigenvalue weighted by Crippen LogP contribution is -1.62. The summed E-state index contributed by atoms with van der Waals surface area (Å²) in [6.45, 7) is 0. The Morgan fingerprint density at radius 3 is 2.11 bits per heavy atom. The molecule has 1 rings (SSSR count). The topological polar surface area (TPSA) is 20.2 Å². The molecule has 0 spiro atoms. The third-order valence-electron chi connectivity index (χ3n) is 0.852. The third kappa shape index (κ3) is 2.24. The van der Waals surface area contributed by atoms with Crippen molar-refractivity contribution in [2.75, 3.05) is 0 Å². The minimum Gasteiger partial charge on any atom is -0.506 e. The molecule has 0 aliphatic carbocycles. The molecule has 1 aromatic rings. The summed E-state index contributed by atoms with van der Waals surface area (Å²) < 4.78 is 0. The van der Waals surface area contributed by atoms with Gasteiger partial charge in [0.05, 0.1) is 5.02 Å². The van der Waals surface area contributed by atoms with Crippen LogP contribution < -0.4 is 0 Å². The zero-order chi connectivity index (χ0) is 5.98. The smallest absolute Gasteiger partial charge is 0.134 e. The lowest BCUT2D eigenvalue weighted by molar-refractivity contribution is 0.475. The molecule has 0 aliphatic rings. The molecule has 0 aliphatic heterocycles. The van der Waals surface area contributed by atoms with Crippen LogP contribution in [-0.4, -0.2) is 5.11 Å². The number of halogens is 2. The fraction of sp³-hybridized carbons (Fsp3) is 0. The van der Waals surface area contributed by atoms with E-state index in [1.54, 1.807) is 24.3 Å². The van der Waals surface area contributed by atoms with Gasteiger partial charge < -0.3 is 5.11 Å². The van der Waals surface area contributed by atoms with E-state index in [4.69, 9.17) is 16.7 Å². The van der Waals surface area contributed by atoms with Crippen molar-refractivity contribution in [2.45, 2.75) is 0 Å². The van der Waals surface area contributed by atoms with Crippen LogP contribution in [0.3, 0.4) is 0 Å². The van der Waals surface area contributed by atoms with Gasteiger partial charge in [-0.15, -0.1) is 17.0 Å². The quantitative estimate of drug-likeness (QED) is 0.696. The van der Waals surface area contributed by atoms with Gasteiger partial charge in [-0.25, -0.2) is 0 Å². The Bertz CT molecular complexity index is 169. The summed E-state index contributed by atoms with van der Waals surface area (Å²) >= 11 is 5.46. The highest BCUT2D eigenvalue weighted by Crippen LogP contribution is 2.20. The predicted octanol–water partition coefficient (Wildman–Crippen LogP) is 2.62. The van der Waals surface area contributed by atoms with Crippen molar-refractivity contribution >= 4 is 28.6 Å². The largest absolute Gasteiger partial charge is 0.506 e. The minimum atomic E-state index is 0.